The second kappa shape index (κ2) is 23.0. The van der Waals surface area contributed by atoms with Crippen molar-refractivity contribution < 1.29 is 28.5 Å². The Morgan fingerprint density at radius 2 is 0.984 bits per heavy atom. The Kier molecular flexibility index (Phi) is 17.3. The number of carbonyl (C=O) groups excluding carboxylic acids is 2. The van der Waals surface area contributed by atoms with Gasteiger partial charge in [0.1, 0.15) is 13.2 Å². The second-order valence-corrected chi connectivity index (χ2v) is 18.8. The molecular formula is C50H60Cl4N4O6. The van der Waals surface area contributed by atoms with Crippen molar-refractivity contribution in [2.45, 2.75) is 70.1 Å². The zero-order chi connectivity index (χ0) is 45.2. The summed E-state index contributed by atoms with van der Waals surface area (Å²) in [5.41, 5.74) is 3.45. The van der Waals surface area contributed by atoms with Crippen LogP contribution < -0.4 is 28.7 Å². The van der Waals surface area contributed by atoms with Crippen LogP contribution in [0.15, 0.2) is 72.8 Å². The summed E-state index contributed by atoms with van der Waals surface area (Å²) in [5.74, 6) is 3.18. The molecule has 64 heavy (non-hydrogen) atoms. The van der Waals surface area contributed by atoms with E-state index in [9.17, 15) is 9.59 Å². The first-order valence-corrected chi connectivity index (χ1v) is 24.1. The molecule has 4 aliphatic rings. The van der Waals surface area contributed by atoms with E-state index in [1.807, 2.05) is 58.3 Å². The highest BCUT2D eigenvalue weighted by Crippen LogP contribution is 2.40. The molecule has 2 atom stereocenters. The zero-order valence-electron chi connectivity index (χ0n) is 37.1. The third-order valence-electron chi connectivity index (χ3n) is 12.9. The van der Waals surface area contributed by atoms with E-state index in [1.165, 1.54) is 32.1 Å². The Labute approximate surface area is 398 Å². The number of amides is 2. The van der Waals surface area contributed by atoms with Crippen molar-refractivity contribution in [3.63, 3.8) is 0 Å². The van der Waals surface area contributed by atoms with E-state index < -0.39 is 0 Å². The fourth-order valence-electron chi connectivity index (χ4n) is 9.07. The highest BCUT2D eigenvalue weighted by Gasteiger charge is 2.35. The van der Waals surface area contributed by atoms with E-state index in [1.54, 1.807) is 38.5 Å². The van der Waals surface area contributed by atoms with Gasteiger partial charge in [-0.2, -0.15) is 0 Å². The van der Waals surface area contributed by atoms with Gasteiger partial charge in [-0.15, -0.1) is 0 Å². The number of nitrogens with zero attached hydrogens (tertiary/aromatic N) is 4. The number of methoxy groups -OCH3 is 2. The molecule has 0 N–H and O–H groups in total. The maximum atomic E-state index is 13.4. The normalized spacial score (nSPS) is 19.9. The molecule has 0 aliphatic carbocycles. The molecule has 0 aromatic heterocycles. The van der Waals surface area contributed by atoms with Gasteiger partial charge in [0, 0.05) is 49.7 Å². The molecule has 0 bridgehead atoms. The molecule has 2 amide bonds. The lowest BCUT2D eigenvalue weighted by Gasteiger charge is -2.33. The lowest BCUT2D eigenvalue weighted by atomic mass is 9.89. The molecule has 4 aliphatic heterocycles. The van der Waals surface area contributed by atoms with Crippen LogP contribution in [0.5, 0.6) is 23.0 Å². The van der Waals surface area contributed by atoms with E-state index in [4.69, 9.17) is 65.4 Å². The van der Waals surface area contributed by atoms with Gasteiger partial charge in [-0.3, -0.25) is 19.4 Å². The van der Waals surface area contributed by atoms with Crippen molar-refractivity contribution in [1.29, 1.82) is 0 Å². The fourth-order valence-corrected chi connectivity index (χ4v) is 9.69. The monoisotopic (exact) mass is 952 g/mol. The molecule has 2 unspecified atom stereocenters. The Morgan fingerprint density at radius 1 is 0.500 bits per heavy atom. The SMILES string of the molecule is COc1ccc(N2CCC(c3ccc(Cl)c(Cl)c3)C2=O)cc1OCCN1CCC(C)CC1.COc1ccc(N2CCCC(c3ccc(Cl)c(Cl)c3)C2=O)cc1OCCN1CCCCC1. The maximum absolute atomic E-state index is 13.4. The molecule has 4 saturated heterocycles. The predicted molar refractivity (Wildman–Crippen MR) is 259 cm³/mol. The van der Waals surface area contributed by atoms with Gasteiger partial charge in [0.2, 0.25) is 11.8 Å². The number of piperidine rings is 3. The molecular weight excluding hydrogens is 894 g/mol. The van der Waals surface area contributed by atoms with E-state index in [-0.39, 0.29) is 23.7 Å². The number of halogens is 4. The fraction of sp³-hybridized carbons (Fsp3) is 0.480. The average Bonchev–Trinajstić information content (AvgIpc) is 3.70. The number of benzene rings is 4. The average molecular weight is 955 g/mol. The minimum Gasteiger partial charge on any atom is -0.493 e. The number of hydrogen-bond acceptors (Lipinski definition) is 8. The Hall–Kier alpha value is -3.90. The molecule has 10 nitrogen and oxygen atoms in total. The summed E-state index contributed by atoms with van der Waals surface area (Å²) in [7, 11) is 3.27. The van der Waals surface area contributed by atoms with E-state index in [2.05, 4.69) is 16.7 Å². The number of carbonyl (C=O) groups is 2. The molecule has 0 spiro atoms. The highest BCUT2D eigenvalue weighted by molar-refractivity contribution is 6.42. The molecule has 0 radical (unpaired) electrons. The van der Waals surface area contributed by atoms with E-state index in [0.29, 0.717) is 69.4 Å². The van der Waals surface area contributed by atoms with Gasteiger partial charge < -0.3 is 28.7 Å². The van der Waals surface area contributed by atoms with Crippen molar-refractivity contribution in [1.82, 2.24) is 9.80 Å². The predicted octanol–water partition coefficient (Wildman–Crippen LogP) is 11.4. The van der Waals surface area contributed by atoms with Crippen LogP contribution in [0.3, 0.4) is 0 Å². The molecule has 8 rings (SSSR count). The van der Waals surface area contributed by atoms with Crippen LogP contribution in [0.1, 0.15) is 81.3 Å². The van der Waals surface area contributed by atoms with Gasteiger partial charge in [-0.05, 0) is 137 Å². The summed E-state index contributed by atoms with van der Waals surface area (Å²) in [5, 5.41) is 1.94. The molecule has 14 heteroatoms. The van der Waals surface area contributed by atoms with Crippen LogP contribution in [0.25, 0.3) is 0 Å². The first kappa shape index (κ1) is 48.0. The molecule has 4 heterocycles. The second-order valence-electron chi connectivity index (χ2n) is 17.2. The van der Waals surface area contributed by atoms with Crippen molar-refractivity contribution in [2.75, 3.05) is 89.6 Å². The third-order valence-corrected chi connectivity index (χ3v) is 14.4. The van der Waals surface area contributed by atoms with Gasteiger partial charge in [0.05, 0.1) is 46.1 Å². The van der Waals surface area contributed by atoms with Gasteiger partial charge >= 0.3 is 0 Å². The summed E-state index contributed by atoms with van der Waals surface area (Å²) in [6.07, 6.45) is 8.76. The number of likely N-dealkylation sites (tertiary alicyclic amines) is 2. The Morgan fingerprint density at radius 3 is 1.48 bits per heavy atom. The zero-order valence-corrected chi connectivity index (χ0v) is 40.2. The summed E-state index contributed by atoms with van der Waals surface area (Å²) >= 11 is 24.5. The largest absolute Gasteiger partial charge is 0.493 e. The van der Waals surface area contributed by atoms with Crippen LogP contribution >= 0.6 is 46.4 Å². The standard InChI is InChI=1S/2C25H30Cl2N2O3/c1-17-7-10-28(11-8-17)13-14-32-24-16-19(4-6-23(24)31-2)29-12-9-20(25(29)30)18-3-5-21(26)22(27)15-18;1-31-23-10-8-19(17-24(23)32-15-14-28-11-3-2-4-12-28)29-13-5-6-20(25(29)30)18-7-9-21(26)22(27)16-18/h3-6,15-17,20H,7-14H2,1-2H3;7-10,16-17,20H,2-6,11-15H2,1H3. The minimum atomic E-state index is -0.232. The highest BCUT2D eigenvalue weighted by atomic mass is 35.5. The number of hydrogen-bond donors (Lipinski definition) is 0. The summed E-state index contributed by atoms with van der Waals surface area (Å²) in [4.78, 5) is 35.1. The van der Waals surface area contributed by atoms with E-state index >= 15 is 0 Å². The molecule has 0 saturated carbocycles. The van der Waals surface area contributed by atoms with Crippen LogP contribution in [-0.4, -0.2) is 101 Å². The van der Waals surface area contributed by atoms with Crippen molar-refractivity contribution in [3.05, 3.63) is 104 Å². The molecule has 4 aromatic rings. The summed E-state index contributed by atoms with van der Waals surface area (Å²) in [6, 6.07) is 22.3. The topological polar surface area (TPSA) is 84.0 Å². The van der Waals surface area contributed by atoms with Gasteiger partial charge in [-0.1, -0.05) is 71.9 Å². The Balaban J connectivity index is 0.000000191. The lowest BCUT2D eigenvalue weighted by molar-refractivity contribution is -0.121. The van der Waals surface area contributed by atoms with Gasteiger partial charge in [0.15, 0.2) is 23.0 Å². The van der Waals surface area contributed by atoms with Crippen LogP contribution in [0, 0.1) is 5.92 Å². The lowest BCUT2D eigenvalue weighted by Crippen LogP contribution is -2.40. The van der Waals surface area contributed by atoms with Gasteiger partial charge in [0.25, 0.3) is 0 Å². The summed E-state index contributed by atoms with van der Waals surface area (Å²) in [6.45, 7) is 11.1. The van der Waals surface area contributed by atoms with Crippen LogP contribution in [-0.2, 0) is 9.59 Å². The Bertz CT molecular complexity index is 2210. The summed E-state index contributed by atoms with van der Waals surface area (Å²) < 4.78 is 23.2. The van der Waals surface area contributed by atoms with Crippen molar-refractivity contribution in [2.24, 2.45) is 5.92 Å². The van der Waals surface area contributed by atoms with Gasteiger partial charge in [-0.25, -0.2) is 0 Å². The number of ether oxygens (including phenoxy) is 4. The van der Waals surface area contributed by atoms with E-state index in [0.717, 1.165) is 87.0 Å². The molecule has 4 aromatic carbocycles. The number of anilines is 2. The third kappa shape index (κ3) is 12.1. The molecule has 4 fully saturated rings. The minimum absolute atomic E-state index is 0.0574. The number of rotatable bonds is 14. The maximum Gasteiger partial charge on any atom is 0.234 e. The smallest absolute Gasteiger partial charge is 0.234 e. The first-order valence-electron chi connectivity index (χ1n) is 22.6. The first-order chi connectivity index (χ1) is 31.0. The van der Waals surface area contributed by atoms with Crippen LogP contribution in [0.2, 0.25) is 20.1 Å². The van der Waals surface area contributed by atoms with Crippen molar-refractivity contribution >= 4 is 69.6 Å². The van der Waals surface area contributed by atoms with Crippen molar-refractivity contribution in [3.8, 4) is 23.0 Å². The quantitative estimate of drug-likeness (QED) is 0.124. The molecule has 344 valence electrons. The van der Waals surface area contributed by atoms with Crippen LogP contribution in [0.4, 0.5) is 11.4 Å².